The maximum atomic E-state index is 10.0. The molecule has 1 N–H and O–H groups in total. The number of hydrogen-bond acceptors (Lipinski definition) is 2. The zero-order valence-corrected chi connectivity index (χ0v) is 15.4. The van der Waals surface area contributed by atoms with E-state index in [1.165, 1.54) is 0 Å². The Morgan fingerprint density at radius 3 is 2.10 bits per heavy atom. The Morgan fingerprint density at radius 1 is 1.25 bits per heavy atom. The molecule has 104 valence electrons. The van der Waals surface area contributed by atoms with Crippen molar-refractivity contribution >= 4 is 5.97 Å². The van der Waals surface area contributed by atoms with E-state index in [9.17, 15) is 4.79 Å². The van der Waals surface area contributed by atoms with Gasteiger partial charge in [0, 0.05) is 19.5 Å². The van der Waals surface area contributed by atoms with Crippen LogP contribution in [0.25, 0.3) is 5.69 Å². The van der Waals surface area contributed by atoms with E-state index in [2.05, 4.69) is 11.3 Å². The van der Waals surface area contributed by atoms with E-state index >= 15 is 0 Å². The number of carboxylic acids is 1. The van der Waals surface area contributed by atoms with Crippen LogP contribution in [0.2, 0.25) is 0 Å². The summed E-state index contributed by atoms with van der Waals surface area (Å²) in [6.07, 6.45) is 3.03. The molecular formula is C15H19N2O2Zn-. The van der Waals surface area contributed by atoms with E-state index in [1.54, 1.807) is 25.5 Å². The number of aromatic nitrogens is 2. The molecule has 0 saturated carbocycles. The summed E-state index contributed by atoms with van der Waals surface area (Å²) >= 11 is 0. The molecule has 0 aliphatic carbocycles. The van der Waals surface area contributed by atoms with Crippen molar-refractivity contribution in [3.63, 3.8) is 0 Å². The van der Waals surface area contributed by atoms with Gasteiger partial charge in [-0.3, -0.25) is 9.89 Å². The first-order chi connectivity index (χ1) is 8.80. The number of carboxylic acid groups (broad SMARTS) is 1. The number of nitrogens with zero attached hydrogens (tertiary/aromatic N) is 2. The van der Waals surface area contributed by atoms with Crippen LogP contribution in [0.5, 0.6) is 0 Å². The van der Waals surface area contributed by atoms with E-state index < -0.39 is 11.4 Å². The molecule has 0 bridgehead atoms. The van der Waals surface area contributed by atoms with Crippen molar-refractivity contribution < 1.29 is 29.4 Å². The van der Waals surface area contributed by atoms with Crippen LogP contribution < -0.4 is 0 Å². The predicted molar refractivity (Wildman–Crippen MR) is 74.2 cm³/mol. The second-order valence-electron chi connectivity index (χ2n) is 5.22. The van der Waals surface area contributed by atoms with E-state index in [1.807, 2.05) is 43.3 Å². The molecule has 1 aromatic carbocycles. The second-order valence-corrected chi connectivity index (χ2v) is 5.22. The van der Waals surface area contributed by atoms with Gasteiger partial charge in [0.05, 0.1) is 5.41 Å². The van der Waals surface area contributed by atoms with Crippen molar-refractivity contribution in [1.82, 2.24) is 9.78 Å². The van der Waals surface area contributed by atoms with Gasteiger partial charge < -0.3 is 9.79 Å². The van der Waals surface area contributed by atoms with Crippen molar-refractivity contribution in [3.05, 3.63) is 48.3 Å². The molecule has 4 nitrogen and oxygen atoms in total. The summed E-state index contributed by atoms with van der Waals surface area (Å²) in [5, 5.41) is 12.5. The maximum Gasteiger partial charge on any atom is 0.308 e. The van der Waals surface area contributed by atoms with E-state index in [4.69, 9.17) is 5.11 Å². The molecule has 2 aromatic rings. The molecule has 0 radical (unpaired) electrons. The van der Waals surface area contributed by atoms with Crippen LogP contribution in [-0.2, 0) is 24.3 Å². The van der Waals surface area contributed by atoms with Gasteiger partial charge in [-0.1, -0.05) is 43.5 Å². The smallest absolute Gasteiger partial charge is 0.308 e. The van der Waals surface area contributed by atoms with Gasteiger partial charge in [-0.25, -0.2) is 0 Å². The first-order valence-corrected chi connectivity index (χ1v) is 6.04. The van der Waals surface area contributed by atoms with Crippen LogP contribution in [0.3, 0.4) is 0 Å². The molecule has 0 aliphatic rings. The minimum Gasteiger partial charge on any atom is -0.481 e. The molecule has 20 heavy (non-hydrogen) atoms. The fourth-order valence-corrected chi connectivity index (χ4v) is 1.07. The maximum absolute atomic E-state index is 10.0. The van der Waals surface area contributed by atoms with Gasteiger partial charge in [-0.05, 0) is 32.2 Å². The summed E-state index contributed by atoms with van der Waals surface area (Å²) in [7, 11) is 0. The summed E-state index contributed by atoms with van der Waals surface area (Å²) in [5.41, 5.74) is 1.45. The number of rotatable bonds is 1. The van der Waals surface area contributed by atoms with Gasteiger partial charge in [0.1, 0.15) is 0 Å². The average Bonchev–Trinajstić information content (AvgIpc) is 2.77. The molecule has 1 heterocycles. The number of benzene rings is 1. The largest absolute Gasteiger partial charge is 0.481 e. The van der Waals surface area contributed by atoms with Gasteiger partial charge in [0.2, 0.25) is 0 Å². The van der Waals surface area contributed by atoms with Crippen molar-refractivity contribution in [2.24, 2.45) is 5.41 Å². The molecule has 0 fully saturated rings. The molecule has 5 heteroatoms. The van der Waals surface area contributed by atoms with Crippen molar-refractivity contribution in [2.45, 2.75) is 27.7 Å². The minimum absolute atomic E-state index is 0. The Labute approximate surface area is 132 Å². The number of hydrogen-bond donors (Lipinski definition) is 1. The van der Waals surface area contributed by atoms with Crippen LogP contribution in [0.4, 0.5) is 0 Å². The number of aliphatic carboxylic acids is 1. The van der Waals surface area contributed by atoms with Crippen LogP contribution in [0.1, 0.15) is 26.5 Å². The quantitative estimate of drug-likeness (QED) is 0.648. The third-order valence-corrected chi connectivity index (χ3v) is 2.30. The standard InChI is InChI=1S/C10H9N2.C5H10O2.Zn/c1-9-7-8-12(11-9)10-5-3-2-4-6-10;1-5(2,3)4(6)7;/h2-7H,1H3;1-3H3,(H,6,7);/q-1;;. The summed E-state index contributed by atoms with van der Waals surface area (Å²) in [4.78, 5) is 10.0. The normalized spacial score (nSPS) is 10.0. The van der Waals surface area contributed by atoms with Crippen LogP contribution in [-0.4, -0.2) is 20.9 Å². The van der Waals surface area contributed by atoms with E-state index in [-0.39, 0.29) is 19.5 Å². The van der Waals surface area contributed by atoms with Crippen molar-refractivity contribution in [1.29, 1.82) is 0 Å². The topological polar surface area (TPSA) is 55.1 Å². The summed E-state index contributed by atoms with van der Waals surface area (Å²) in [6.45, 7) is 6.94. The number of carbonyl (C=O) groups is 1. The van der Waals surface area contributed by atoms with Crippen LogP contribution >= 0.6 is 0 Å². The van der Waals surface area contributed by atoms with E-state index in [0.717, 1.165) is 11.4 Å². The molecule has 1 aromatic heterocycles. The van der Waals surface area contributed by atoms with Gasteiger partial charge in [-0.15, -0.1) is 6.07 Å². The Hall–Kier alpha value is -1.48. The molecule has 0 spiro atoms. The third-order valence-electron chi connectivity index (χ3n) is 2.30. The van der Waals surface area contributed by atoms with Gasteiger partial charge >= 0.3 is 5.97 Å². The SMILES string of the molecule is CC(C)(C)C(=O)O.Cc1c[c-]n(-c2ccccc2)n1.[Zn]. The molecular weight excluding hydrogens is 306 g/mol. The van der Waals surface area contributed by atoms with Gasteiger partial charge in [0.15, 0.2) is 0 Å². The zero-order valence-electron chi connectivity index (χ0n) is 12.4. The van der Waals surface area contributed by atoms with Crippen molar-refractivity contribution in [3.8, 4) is 5.69 Å². The fourth-order valence-electron chi connectivity index (χ4n) is 1.07. The minimum atomic E-state index is -0.757. The molecule has 2 rings (SSSR count). The summed E-state index contributed by atoms with van der Waals surface area (Å²) in [5.74, 6) is -0.757. The summed E-state index contributed by atoms with van der Waals surface area (Å²) < 4.78 is 1.75. The molecule has 0 aliphatic heterocycles. The number of para-hydroxylation sites is 1. The Morgan fingerprint density at radius 2 is 1.75 bits per heavy atom. The van der Waals surface area contributed by atoms with Gasteiger partial charge in [-0.2, -0.15) is 0 Å². The first kappa shape index (κ1) is 18.5. The average molecular weight is 325 g/mol. The Kier molecular flexibility index (Phi) is 7.37. The van der Waals surface area contributed by atoms with Crippen molar-refractivity contribution in [2.75, 3.05) is 0 Å². The second kappa shape index (κ2) is 7.96. The first-order valence-electron chi connectivity index (χ1n) is 6.04. The van der Waals surface area contributed by atoms with Gasteiger partial charge in [0.25, 0.3) is 0 Å². The third kappa shape index (κ3) is 6.11. The van der Waals surface area contributed by atoms with Crippen LogP contribution in [0, 0.1) is 18.5 Å². The predicted octanol–water partition coefficient (Wildman–Crippen LogP) is 3.10. The van der Waals surface area contributed by atoms with E-state index in [0.29, 0.717) is 0 Å². The monoisotopic (exact) mass is 323 g/mol. The molecule has 0 amide bonds. The molecule has 0 atom stereocenters. The summed E-state index contributed by atoms with van der Waals surface area (Å²) in [6, 6.07) is 11.8. The zero-order chi connectivity index (χ0) is 14.5. The van der Waals surface area contributed by atoms with Crippen LogP contribution in [0.15, 0.2) is 36.4 Å². The Bertz CT molecular complexity index is 530. The fraction of sp³-hybridized carbons (Fsp3) is 0.333. The number of aryl methyl sites for hydroxylation is 1. The molecule has 0 saturated heterocycles. The Balaban J connectivity index is 0.000000396. The molecule has 0 unspecified atom stereocenters.